The molecule has 1 amide bonds. The molecular weight excluding hydrogens is 248 g/mol. The Balaban J connectivity index is 1.69. The van der Waals surface area contributed by atoms with E-state index in [-0.39, 0.29) is 5.91 Å². The number of hydrogen-bond donors (Lipinski definition) is 2. The Bertz CT molecular complexity index is 636. The third kappa shape index (κ3) is 2.58. The van der Waals surface area contributed by atoms with E-state index in [0.29, 0.717) is 11.6 Å². The van der Waals surface area contributed by atoms with Gasteiger partial charge in [-0.15, -0.1) is 0 Å². The van der Waals surface area contributed by atoms with Crippen molar-refractivity contribution in [3.05, 3.63) is 70.8 Å². The number of amides is 1. The summed E-state index contributed by atoms with van der Waals surface area (Å²) in [6, 6.07) is 16.5. The Morgan fingerprint density at radius 2 is 2.05 bits per heavy atom. The van der Waals surface area contributed by atoms with Gasteiger partial charge in [0.2, 0.25) is 5.91 Å². The molecule has 2 aromatic carbocycles. The molecule has 0 saturated carbocycles. The first-order valence-electron chi connectivity index (χ1n) is 6.94. The molecule has 0 saturated heterocycles. The van der Waals surface area contributed by atoms with Crippen molar-refractivity contribution in [3.63, 3.8) is 0 Å². The third-order valence-electron chi connectivity index (χ3n) is 3.90. The van der Waals surface area contributed by atoms with Gasteiger partial charge in [-0.3, -0.25) is 4.79 Å². The number of benzene rings is 2. The lowest BCUT2D eigenvalue weighted by Gasteiger charge is -2.14. The van der Waals surface area contributed by atoms with Gasteiger partial charge in [-0.1, -0.05) is 36.4 Å². The standard InChI is InChI=1S/C17H18N2O/c18-17(20)14-6-3-4-12(10-14)11-19-16-9-8-13-5-1-2-7-15(13)16/h1-7,10,16,19H,8-9,11H2,(H2,18,20). The average molecular weight is 266 g/mol. The minimum absolute atomic E-state index is 0.377. The van der Waals surface area contributed by atoms with Crippen molar-refractivity contribution in [1.82, 2.24) is 5.32 Å². The summed E-state index contributed by atoms with van der Waals surface area (Å²) in [5.74, 6) is -0.377. The summed E-state index contributed by atoms with van der Waals surface area (Å²) in [6.45, 7) is 0.750. The fourth-order valence-electron chi connectivity index (χ4n) is 2.84. The average Bonchev–Trinajstić information content (AvgIpc) is 2.89. The van der Waals surface area contributed by atoms with Crippen molar-refractivity contribution in [3.8, 4) is 0 Å². The lowest BCUT2D eigenvalue weighted by atomic mass is 10.1. The van der Waals surface area contributed by atoms with Crippen molar-refractivity contribution < 1.29 is 4.79 Å². The van der Waals surface area contributed by atoms with Gasteiger partial charge in [0, 0.05) is 18.2 Å². The first-order chi connectivity index (χ1) is 9.74. The van der Waals surface area contributed by atoms with Gasteiger partial charge in [-0.25, -0.2) is 0 Å². The molecule has 3 rings (SSSR count). The van der Waals surface area contributed by atoms with Crippen LogP contribution in [0.25, 0.3) is 0 Å². The van der Waals surface area contributed by atoms with Crippen molar-refractivity contribution in [2.24, 2.45) is 5.73 Å². The second kappa shape index (κ2) is 5.47. The quantitative estimate of drug-likeness (QED) is 0.893. The highest BCUT2D eigenvalue weighted by atomic mass is 16.1. The van der Waals surface area contributed by atoms with Crippen LogP contribution >= 0.6 is 0 Å². The lowest BCUT2D eigenvalue weighted by Crippen LogP contribution is -2.19. The monoisotopic (exact) mass is 266 g/mol. The molecule has 20 heavy (non-hydrogen) atoms. The van der Waals surface area contributed by atoms with E-state index in [2.05, 4.69) is 29.6 Å². The lowest BCUT2D eigenvalue weighted by molar-refractivity contribution is 0.1000. The molecule has 1 atom stereocenters. The molecule has 3 heteroatoms. The number of primary amides is 1. The van der Waals surface area contributed by atoms with Gasteiger partial charge >= 0.3 is 0 Å². The van der Waals surface area contributed by atoms with Gasteiger partial charge in [0.1, 0.15) is 0 Å². The largest absolute Gasteiger partial charge is 0.366 e. The highest BCUT2D eigenvalue weighted by Crippen LogP contribution is 2.30. The van der Waals surface area contributed by atoms with E-state index in [1.807, 2.05) is 18.2 Å². The minimum Gasteiger partial charge on any atom is -0.366 e. The van der Waals surface area contributed by atoms with Crippen LogP contribution in [0.5, 0.6) is 0 Å². The second-order valence-electron chi connectivity index (χ2n) is 5.24. The molecule has 3 nitrogen and oxygen atoms in total. The van der Waals surface area contributed by atoms with Crippen LogP contribution in [-0.2, 0) is 13.0 Å². The van der Waals surface area contributed by atoms with Crippen LogP contribution in [0.1, 0.15) is 39.5 Å². The summed E-state index contributed by atoms with van der Waals surface area (Å²) < 4.78 is 0. The van der Waals surface area contributed by atoms with E-state index < -0.39 is 0 Å². The van der Waals surface area contributed by atoms with E-state index in [0.717, 1.165) is 24.9 Å². The molecule has 0 aliphatic heterocycles. The molecule has 0 heterocycles. The van der Waals surface area contributed by atoms with Gasteiger partial charge in [-0.05, 0) is 41.7 Å². The Hall–Kier alpha value is -2.13. The van der Waals surface area contributed by atoms with Crippen LogP contribution in [0.3, 0.4) is 0 Å². The number of nitrogens with one attached hydrogen (secondary N) is 1. The van der Waals surface area contributed by atoms with Crippen LogP contribution in [0.15, 0.2) is 48.5 Å². The molecule has 2 aromatic rings. The summed E-state index contributed by atoms with van der Waals surface area (Å²) in [7, 11) is 0. The first-order valence-corrected chi connectivity index (χ1v) is 6.94. The summed E-state index contributed by atoms with van der Waals surface area (Å²) in [4.78, 5) is 11.2. The predicted octanol–water partition coefficient (Wildman–Crippen LogP) is 2.56. The Kier molecular flexibility index (Phi) is 3.52. The minimum atomic E-state index is -0.377. The molecule has 3 N–H and O–H groups in total. The van der Waals surface area contributed by atoms with Gasteiger partial charge in [0.05, 0.1) is 0 Å². The van der Waals surface area contributed by atoms with Crippen LogP contribution in [0.4, 0.5) is 0 Å². The molecule has 0 radical (unpaired) electrons. The highest BCUT2D eigenvalue weighted by molar-refractivity contribution is 5.92. The molecule has 0 spiro atoms. The number of carbonyl (C=O) groups is 1. The van der Waals surface area contributed by atoms with Crippen molar-refractivity contribution in [1.29, 1.82) is 0 Å². The maximum absolute atomic E-state index is 11.2. The van der Waals surface area contributed by atoms with Gasteiger partial charge < -0.3 is 11.1 Å². The number of hydrogen-bond acceptors (Lipinski definition) is 2. The van der Waals surface area contributed by atoms with Crippen molar-refractivity contribution in [2.45, 2.75) is 25.4 Å². The molecule has 0 aromatic heterocycles. The fourth-order valence-corrected chi connectivity index (χ4v) is 2.84. The van der Waals surface area contributed by atoms with Crippen LogP contribution in [0, 0.1) is 0 Å². The second-order valence-corrected chi connectivity index (χ2v) is 5.24. The zero-order chi connectivity index (χ0) is 13.9. The van der Waals surface area contributed by atoms with E-state index in [4.69, 9.17) is 5.73 Å². The van der Waals surface area contributed by atoms with E-state index in [1.54, 1.807) is 6.07 Å². The zero-order valence-corrected chi connectivity index (χ0v) is 11.3. The third-order valence-corrected chi connectivity index (χ3v) is 3.90. The zero-order valence-electron chi connectivity index (χ0n) is 11.3. The number of aryl methyl sites for hydroxylation is 1. The Morgan fingerprint density at radius 3 is 2.90 bits per heavy atom. The summed E-state index contributed by atoms with van der Waals surface area (Å²) in [6.07, 6.45) is 2.27. The maximum Gasteiger partial charge on any atom is 0.248 e. The van der Waals surface area contributed by atoms with Crippen LogP contribution in [0.2, 0.25) is 0 Å². The van der Waals surface area contributed by atoms with E-state index in [9.17, 15) is 4.79 Å². The Labute approximate surface area is 118 Å². The fraction of sp³-hybridized carbons (Fsp3) is 0.235. The van der Waals surface area contributed by atoms with Crippen LogP contribution in [-0.4, -0.2) is 5.91 Å². The smallest absolute Gasteiger partial charge is 0.248 e. The van der Waals surface area contributed by atoms with Gasteiger partial charge in [0.25, 0.3) is 0 Å². The summed E-state index contributed by atoms with van der Waals surface area (Å²) in [5, 5.41) is 3.57. The molecule has 1 aliphatic rings. The van der Waals surface area contributed by atoms with Crippen LogP contribution < -0.4 is 11.1 Å². The van der Waals surface area contributed by atoms with E-state index in [1.165, 1.54) is 11.1 Å². The maximum atomic E-state index is 11.2. The molecule has 0 fully saturated rings. The molecule has 1 aliphatic carbocycles. The molecule has 1 unspecified atom stereocenters. The topological polar surface area (TPSA) is 55.1 Å². The predicted molar refractivity (Wildman–Crippen MR) is 79.3 cm³/mol. The van der Waals surface area contributed by atoms with E-state index >= 15 is 0 Å². The SMILES string of the molecule is NC(=O)c1cccc(CNC2CCc3ccccc32)c1. The van der Waals surface area contributed by atoms with Gasteiger partial charge in [0.15, 0.2) is 0 Å². The summed E-state index contributed by atoms with van der Waals surface area (Å²) >= 11 is 0. The Morgan fingerprint density at radius 1 is 1.20 bits per heavy atom. The molecule has 0 bridgehead atoms. The molecular formula is C17H18N2O. The summed E-state index contributed by atoms with van der Waals surface area (Å²) in [5.41, 5.74) is 9.80. The number of rotatable bonds is 4. The normalized spacial score (nSPS) is 16.9. The van der Waals surface area contributed by atoms with Gasteiger partial charge in [-0.2, -0.15) is 0 Å². The molecule has 102 valence electrons. The number of nitrogens with two attached hydrogens (primary N) is 1. The number of fused-ring (bicyclic) bond motifs is 1. The number of carbonyl (C=O) groups excluding carboxylic acids is 1. The van der Waals surface area contributed by atoms with Crippen molar-refractivity contribution >= 4 is 5.91 Å². The van der Waals surface area contributed by atoms with Crippen molar-refractivity contribution in [2.75, 3.05) is 0 Å². The first kappa shape index (κ1) is 12.9. The highest BCUT2D eigenvalue weighted by Gasteiger charge is 2.20.